The van der Waals surface area contributed by atoms with Crippen LogP contribution in [0.1, 0.15) is 0 Å². The molecule has 0 bridgehead atoms. The Hall–Kier alpha value is 0.227. The van der Waals surface area contributed by atoms with E-state index >= 15 is 0 Å². The van der Waals surface area contributed by atoms with Crippen molar-refractivity contribution in [2.45, 2.75) is 0 Å². The molecular formula is C6H10LiO5S2-. The number of carbonyl (C=O) groups excluding carboxylic acids is 1. The largest absolute Gasteiger partial charge is 1.00 e. The van der Waals surface area contributed by atoms with Crippen molar-refractivity contribution in [3.8, 4) is 0 Å². The SMILES string of the molecule is C=C(C(=O)S[O-])S(=O)(=O)CCO.[CH3-].[Li+]. The third-order valence-corrected chi connectivity index (χ3v) is 3.22. The van der Waals surface area contributed by atoms with Gasteiger partial charge in [0.05, 0.1) is 12.4 Å². The molecule has 5 nitrogen and oxygen atoms in total. The van der Waals surface area contributed by atoms with E-state index in [4.69, 9.17) is 5.11 Å². The maximum Gasteiger partial charge on any atom is 1.00 e. The van der Waals surface area contributed by atoms with Crippen molar-refractivity contribution in [3.05, 3.63) is 18.9 Å². The van der Waals surface area contributed by atoms with E-state index in [-0.39, 0.29) is 26.3 Å². The Morgan fingerprint density at radius 3 is 2.21 bits per heavy atom. The molecule has 0 fully saturated rings. The van der Waals surface area contributed by atoms with E-state index in [1.807, 2.05) is 0 Å². The van der Waals surface area contributed by atoms with Gasteiger partial charge in [0, 0.05) is 0 Å². The second kappa shape index (κ2) is 8.53. The first kappa shape index (κ1) is 19.7. The predicted octanol–water partition coefficient (Wildman–Crippen LogP) is -3.25. The minimum atomic E-state index is -3.84. The normalized spacial score (nSPS) is 9.57. The molecule has 0 aliphatic carbocycles. The van der Waals surface area contributed by atoms with Gasteiger partial charge in [-0.25, -0.2) is 8.42 Å². The van der Waals surface area contributed by atoms with Crippen LogP contribution in [0.3, 0.4) is 0 Å². The summed E-state index contributed by atoms with van der Waals surface area (Å²) in [6, 6.07) is 0. The molecule has 14 heavy (non-hydrogen) atoms. The van der Waals surface area contributed by atoms with Gasteiger partial charge in [0.25, 0.3) is 0 Å². The summed E-state index contributed by atoms with van der Waals surface area (Å²) in [5, 5.41) is 7.15. The van der Waals surface area contributed by atoms with Crippen LogP contribution >= 0.6 is 12.0 Å². The van der Waals surface area contributed by atoms with Crippen LogP contribution in [0.2, 0.25) is 0 Å². The monoisotopic (exact) mass is 233 g/mol. The average Bonchev–Trinajstić information content (AvgIpc) is 2.01. The molecular weight excluding hydrogens is 223 g/mol. The van der Waals surface area contributed by atoms with Gasteiger partial charge in [-0.15, -0.1) is 0 Å². The Bertz CT molecular complexity index is 285. The van der Waals surface area contributed by atoms with Gasteiger partial charge in [-0.2, -0.15) is 12.0 Å². The smallest absolute Gasteiger partial charge is 0.793 e. The number of hydrogen-bond donors (Lipinski definition) is 1. The van der Waals surface area contributed by atoms with E-state index in [0.29, 0.717) is 0 Å². The van der Waals surface area contributed by atoms with Crippen LogP contribution in [-0.2, 0) is 14.6 Å². The number of hydrogen-bond acceptors (Lipinski definition) is 6. The number of aliphatic hydroxyl groups is 1. The fourth-order valence-corrected chi connectivity index (χ4v) is 1.73. The van der Waals surface area contributed by atoms with E-state index in [1.165, 1.54) is 0 Å². The molecule has 1 N–H and O–H groups in total. The minimum Gasteiger partial charge on any atom is -0.793 e. The Kier molecular flexibility index (Phi) is 12.0. The number of aliphatic hydroxyl groups excluding tert-OH is 1. The van der Waals surface area contributed by atoms with Gasteiger partial charge in [-0.05, 0) is 0 Å². The standard InChI is InChI=1S/C5H8O5S2.CH3.Li/c1-4(5(7)11-8)12(9,10)3-2-6;;/h6,8H,1-3H2;1H3;/q;-1;+1/p-1. The molecule has 0 spiro atoms. The van der Waals surface area contributed by atoms with Crippen molar-refractivity contribution in [2.75, 3.05) is 12.4 Å². The molecule has 8 heteroatoms. The predicted molar refractivity (Wildman–Crippen MR) is 49.8 cm³/mol. The van der Waals surface area contributed by atoms with E-state index in [9.17, 15) is 17.8 Å². The Morgan fingerprint density at radius 1 is 1.50 bits per heavy atom. The molecule has 0 saturated carbocycles. The first-order valence-corrected chi connectivity index (χ1v) is 5.21. The quantitative estimate of drug-likeness (QED) is 0.237. The molecule has 0 aliphatic heterocycles. The summed E-state index contributed by atoms with van der Waals surface area (Å²) in [7, 11) is -3.84. The molecule has 0 aromatic carbocycles. The number of carbonyl (C=O) groups is 1. The summed E-state index contributed by atoms with van der Waals surface area (Å²) < 4.78 is 31.7. The van der Waals surface area contributed by atoms with Crippen LogP contribution < -0.4 is 18.9 Å². The second-order valence-corrected chi connectivity index (χ2v) is 4.50. The zero-order valence-corrected chi connectivity index (χ0v) is 9.65. The average molecular weight is 233 g/mol. The summed E-state index contributed by atoms with van der Waals surface area (Å²) in [5.41, 5.74) is 0. The van der Waals surface area contributed by atoms with Gasteiger partial charge >= 0.3 is 18.9 Å². The molecule has 0 amide bonds. The van der Waals surface area contributed by atoms with Crippen molar-refractivity contribution < 1.29 is 41.7 Å². The molecule has 78 valence electrons. The zero-order chi connectivity index (χ0) is 9.78. The van der Waals surface area contributed by atoms with Crippen molar-refractivity contribution in [1.29, 1.82) is 0 Å². The van der Waals surface area contributed by atoms with Gasteiger partial charge in [-0.3, -0.25) is 4.79 Å². The summed E-state index contributed by atoms with van der Waals surface area (Å²) in [6.45, 7) is 2.35. The van der Waals surface area contributed by atoms with Gasteiger partial charge in [0.15, 0.2) is 9.84 Å². The van der Waals surface area contributed by atoms with Crippen molar-refractivity contribution in [3.63, 3.8) is 0 Å². The van der Waals surface area contributed by atoms with Gasteiger partial charge in [-0.1, -0.05) is 6.58 Å². The van der Waals surface area contributed by atoms with Crippen LogP contribution in [-0.4, -0.2) is 35.6 Å². The first-order valence-electron chi connectivity index (χ1n) is 2.82. The zero-order valence-electron chi connectivity index (χ0n) is 8.02. The molecule has 0 aliphatic rings. The summed E-state index contributed by atoms with van der Waals surface area (Å²) in [5.74, 6) is -0.585. The van der Waals surface area contributed by atoms with Crippen LogP contribution in [0.15, 0.2) is 11.5 Å². The Balaban J connectivity index is -0.000000605. The van der Waals surface area contributed by atoms with Crippen LogP contribution in [0.25, 0.3) is 0 Å². The van der Waals surface area contributed by atoms with E-state index in [1.54, 1.807) is 0 Å². The fourth-order valence-electron chi connectivity index (χ4n) is 0.417. The molecule has 0 atom stereocenters. The maximum atomic E-state index is 10.9. The maximum absolute atomic E-state index is 10.9. The molecule has 0 aromatic heterocycles. The van der Waals surface area contributed by atoms with Gasteiger partial charge in [0.2, 0.25) is 5.12 Å². The third-order valence-electron chi connectivity index (χ3n) is 1.04. The number of sulfone groups is 1. The van der Waals surface area contributed by atoms with Crippen LogP contribution in [0.4, 0.5) is 0 Å². The van der Waals surface area contributed by atoms with Crippen molar-refractivity contribution in [1.82, 2.24) is 0 Å². The summed E-state index contributed by atoms with van der Waals surface area (Å²) in [4.78, 5) is 9.77. The fraction of sp³-hybridized carbons (Fsp3) is 0.333. The second-order valence-electron chi connectivity index (χ2n) is 1.84. The van der Waals surface area contributed by atoms with Crippen molar-refractivity contribution in [2.24, 2.45) is 0 Å². The molecule has 0 rings (SSSR count). The van der Waals surface area contributed by atoms with E-state index in [0.717, 1.165) is 0 Å². The van der Waals surface area contributed by atoms with Crippen LogP contribution in [0, 0.1) is 7.43 Å². The summed E-state index contributed by atoms with van der Waals surface area (Å²) >= 11 is -0.464. The van der Waals surface area contributed by atoms with E-state index < -0.39 is 44.3 Å². The Labute approximate surface area is 99.9 Å². The number of rotatable bonds is 4. The van der Waals surface area contributed by atoms with Gasteiger partial charge in [0.1, 0.15) is 4.91 Å². The topological polar surface area (TPSA) is 94.5 Å². The molecule has 0 heterocycles. The molecule has 0 unspecified atom stereocenters. The van der Waals surface area contributed by atoms with E-state index in [2.05, 4.69) is 6.58 Å². The molecule has 0 saturated heterocycles. The molecule has 0 radical (unpaired) electrons. The van der Waals surface area contributed by atoms with Gasteiger partial charge < -0.3 is 17.1 Å². The van der Waals surface area contributed by atoms with Crippen molar-refractivity contribution >= 4 is 27.0 Å². The van der Waals surface area contributed by atoms with Crippen LogP contribution in [0.5, 0.6) is 0 Å². The minimum absolute atomic E-state index is 0. The summed E-state index contributed by atoms with van der Waals surface area (Å²) in [6.07, 6.45) is 0. The third kappa shape index (κ3) is 5.85. The Morgan fingerprint density at radius 2 is 1.93 bits per heavy atom. The first-order chi connectivity index (χ1) is 5.45. The molecule has 0 aromatic rings.